The summed E-state index contributed by atoms with van der Waals surface area (Å²) in [7, 11) is 0. The lowest BCUT2D eigenvalue weighted by Crippen LogP contribution is -2.33. The van der Waals surface area contributed by atoms with E-state index in [-0.39, 0.29) is 18.3 Å². The number of hydrogen-bond donors (Lipinski definition) is 2. The first-order valence-electron chi connectivity index (χ1n) is 6.90. The fraction of sp³-hybridized carbons (Fsp3) is 0.125. The summed E-state index contributed by atoms with van der Waals surface area (Å²) < 4.78 is 19.2. The zero-order chi connectivity index (χ0) is 16.2. The van der Waals surface area contributed by atoms with Gasteiger partial charge in [0.15, 0.2) is 6.61 Å². The van der Waals surface area contributed by atoms with Crippen LogP contribution in [0.1, 0.15) is 5.56 Å². The van der Waals surface area contributed by atoms with Crippen LogP contribution in [-0.2, 0) is 4.79 Å². The Labute approximate surface area is 136 Å². The Hall–Kier alpha value is -2.67. The lowest BCUT2D eigenvalue weighted by Gasteiger charge is -2.07. The predicted octanol–water partition coefficient (Wildman–Crippen LogP) is 3.27. The van der Waals surface area contributed by atoms with Gasteiger partial charge in [-0.2, -0.15) is 0 Å². The highest BCUT2D eigenvalue weighted by atomic mass is 32.1. The molecule has 3 aromatic rings. The van der Waals surface area contributed by atoms with Crippen LogP contribution in [0, 0.1) is 12.7 Å². The number of aryl methyl sites for hydroxylation is 1. The number of carbonyl (C=O) groups excluding carboxylic acids is 1. The van der Waals surface area contributed by atoms with Crippen LogP contribution in [0.4, 0.5) is 9.52 Å². The molecule has 0 radical (unpaired) electrons. The van der Waals surface area contributed by atoms with Gasteiger partial charge in [0, 0.05) is 0 Å². The number of aromatic nitrogens is 1. The Morgan fingerprint density at radius 3 is 2.83 bits per heavy atom. The van der Waals surface area contributed by atoms with Gasteiger partial charge in [-0.25, -0.2) is 9.37 Å². The average Bonchev–Trinajstić information content (AvgIpc) is 2.94. The number of ether oxygens (including phenoxy) is 1. The molecule has 0 saturated heterocycles. The second kappa shape index (κ2) is 6.62. The highest BCUT2D eigenvalue weighted by Crippen LogP contribution is 2.25. The van der Waals surface area contributed by atoms with Gasteiger partial charge in [0.2, 0.25) is 5.13 Å². The van der Waals surface area contributed by atoms with E-state index >= 15 is 0 Å². The molecule has 3 rings (SSSR count). The van der Waals surface area contributed by atoms with Crippen molar-refractivity contribution in [2.75, 3.05) is 12.0 Å². The number of carbonyl (C=O) groups is 1. The van der Waals surface area contributed by atoms with Crippen LogP contribution in [0.25, 0.3) is 10.2 Å². The van der Waals surface area contributed by atoms with Crippen LogP contribution in [0.5, 0.6) is 5.75 Å². The Morgan fingerprint density at radius 2 is 2.04 bits per heavy atom. The molecule has 0 saturated carbocycles. The molecule has 0 aliphatic heterocycles. The summed E-state index contributed by atoms with van der Waals surface area (Å²) in [5.41, 5.74) is 6.99. The highest BCUT2D eigenvalue weighted by Gasteiger charge is 2.07. The molecule has 2 N–H and O–H groups in total. The van der Waals surface area contributed by atoms with Crippen LogP contribution in [0.15, 0.2) is 42.5 Å². The maximum Gasteiger partial charge on any atom is 0.276 e. The van der Waals surface area contributed by atoms with Crippen molar-refractivity contribution in [2.45, 2.75) is 6.92 Å². The smallest absolute Gasteiger partial charge is 0.276 e. The maximum absolute atomic E-state index is 13.1. The molecule has 0 spiro atoms. The molecule has 0 aliphatic rings. The SMILES string of the molecule is Cc1ccc(OCC(=O)NNc2nc3ccc(F)cc3s2)cc1. The van der Waals surface area contributed by atoms with Crippen LogP contribution < -0.4 is 15.6 Å². The van der Waals surface area contributed by atoms with Crippen molar-refractivity contribution in [2.24, 2.45) is 0 Å². The Balaban J connectivity index is 1.52. The van der Waals surface area contributed by atoms with Crippen molar-refractivity contribution in [3.05, 3.63) is 53.8 Å². The van der Waals surface area contributed by atoms with Gasteiger partial charge in [0.05, 0.1) is 10.2 Å². The standard InChI is InChI=1S/C16H14FN3O2S/c1-10-2-5-12(6-3-10)22-9-15(21)19-20-16-18-13-7-4-11(17)8-14(13)23-16/h2-8H,9H2,1H3,(H,18,20)(H,19,21). The number of nitrogens with zero attached hydrogens (tertiary/aromatic N) is 1. The zero-order valence-corrected chi connectivity index (χ0v) is 13.1. The monoisotopic (exact) mass is 331 g/mol. The first-order valence-corrected chi connectivity index (χ1v) is 7.72. The Bertz CT molecular complexity index is 833. The van der Waals surface area contributed by atoms with E-state index in [4.69, 9.17) is 4.74 Å². The first kappa shape index (κ1) is 15.2. The highest BCUT2D eigenvalue weighted by molar-refractivity contribution is 7.22. The number of amides is 1. The minimum atomic E-state index is -0.337. The lowest BCUT2D eigenvalue weighted by molar-refractivity contribution is -0.122. The normalized spacial score (nSPS) is 10.5. The number of nitrogens with one attached hydrogen (secondary N) is 2. The van der Waals surface area contributed by atoms with E-state index in [1.165, 1.54) is 23.5 Å². The van der Waals surface area contributed by atoms with Gasteiger partial charge in [-0.3, -0.25) is 15.6 Å². The van der Waals surface area contributed by atoms with Crippen LogP contribution in [0.2, 0.25) is 0 Å². The summed E-state index contributed by atoms with van der Waals surface area (Å²) in [6.45, 7) is 1.86. The molecule has 0 aliphatic carbocycles. The van der Waals surface area contributed by atoms with Crippen molar-refractivity contribution in [1.29, 1.82) is 0 Å². The van der Waals surface area contributed by atoms with E-state index in [9.17, 15) is 9.18 Å². The van der Waals surface area contributed by atoms with Gasteiger partial charge >= 0.3 is 0 Å². The summed E-state index contributed by atoms with van der Waals surface area (Å²) in [4.78, 5) is 16.0. The summed E-state index contributed by atoms with van der Waals surface area (Å²) >= 11 is 1.25. The Morgan fingerprint density at radius 1 is 1.26 bits per heavy atom. The minimum Gasteiger partial charge on any atom is -0.484 e. The minimum absolute atomic E-state index is 0.115. The van der Waals surface area contributed by atoms with Gasteiger partial charge < -0.3 is 4.74 Å². The quantitative estimate of drug-likeness (QED) is 0.705. The molecule has 1 heterocycles. The molecule has 7 heteroatoms. The van der Waals surface area contributed by atoms with E-state index < -0.39 is 0 Å². The molecule has 2 aromatic carbocycles. The molecule has 1 aromatic heterocycles. The van der Waals surface area contributed by atoms with Crippen molar-refractivity contribution in [3.63, 3.8) is 0 Å². The fourth-order valence-corrected chi connectivity index (χ4v) is 2.74. The van der Waals surface area contributed by atoms with Crippen LogP contribution >= 0.6 is 11.3 Å². The van der Waals surface area contributed by atoms with E-state index in [2.05, 4.69) is 15.8 Å². The molecular weight excluding hydrogens is 317 g/mol. The summed E-state index contributed by atoms with van der Waals surface area (Å²) in [6, 6.07) is 11.8. The van der Waals surface area contributed by atoms with E-state index in [0.29, 0.717) is 21.1 Å². The molecule has 118 valence electrons. The molecule has 0 fully saturated rings. The summed E-state index contributed by atoms with van der Waals surface area (Å²) in [6.07, 6.45) is 0. The number of halogens is 1. The molecule has 0 bridgehead atoms. The lowest BCUT2D eigenvalue weighted by atomic mass is 10.2. The third-order valence-electron chi connectivity index (χ3n) is 3.05. The number of anilines is 1. The van der Waals surface area contributed by atoms with Crippen LogP contribution in [0.3, 0.4) is 0 Å². The van der Waals surface area contributed by atoms with Crippen LogP contribution in [-0.4, -0.2) is 17.5 Å². The predicted molar refractivity (Wildman–Crippen MR) is 88.0 cm³/mol. The van der Waals surface area contributed by atoms with Gasteiger partial charge in [-0.1, -0.05) is 29.0 Å². The van der Waals surface area contributed by atoms with Gasteiger partial charge in [0.1, 0.15) is 11.6 Å². The third-order valence-corrected chi connectivity index (χ3v) is 3.98. The number of benzene rings is 2. The number of rotatable bonds is 5. The van der Waals surface area contributed by atoms with Gasteiger partial charge in [0.25, 0.3) is 5.91 Å². The maximum atomic E-state index is 13.1. The summed E-state index contributed by atoms with van der Waals surface area (Å²) in [5, 5.41) is 0.481. The molecule has 0 unspecified atom stereocenters. The molecule has 1 amide bonds. The van der Waals surface area contributed by atoms with Crippen molar-refractivity contribution in [3.8, 4) is 5.75 Å². The topological polar surface area (TPSA) is 63.2 Å². The first-order chi connectivity index (χ1) is 11.1. The van der Waals surface area contributed by atoms with E-state index in [0.717, 1.165) is 5.56 Å². The molecular formula is C16H14FN3O2S. The molecule has 23 heavy (non-hydrogen) atoms. The van der Waals surface area contributed by atoms with Crippen molar-refractivity contribution >= 4 is 32.6 Å². The summed E-state index contributed by atoms with van der Waals surface area (Å²) in [5.74, 6) is -0.0274. The van der Waals surface area contributed by atoms with E-state index in [1.807, 2.05) is 19.1 Å². The van der Waals surface area contributed by atoms with Crippen molar-refractivity contribution < 1.29 is 13.9 Å². The number of fused-ring (bicyclic) bond motifs is 1. The Kier molecular flexibility index (Phi) is 4.38. The largest absolute Gasteiger partial charge is 0.484 e. The second-order valence-corrected chi connectivity index (χ2v) is 5.94. The number of thiazole rings is 1. The average molecular weight is 331 g/mol. The molecule has 5 nitrogen and oxygen atoms in total. The van der Waals surface area contributed by atoms with Gasteiger partial charge in [-0.15, -0.1) is 0 Å². The third kappa shape index (κ3) is 3.95. The fourth-order valence-electron chi connectivity index (χ4n) is 1.89. The second-order valence-electron chi connectivity index (χ2n) is 4.91. The van der Waals surface area contributed by atoms with Crippen molar-refractivity contribution in [1.82, 2.24) is 10.4 Å². The number of hydrogen-bond acceptors (Lipinski definition) is 5. The van der Waals surface area contributed by atoms with E-state index in [1.54, 1.807) is 18.2 Å². The van der Waals surface area contributed by atoms with Gasteiger partial charge in [-0.05, 0) is 37.3 Å². The number of hydrazine groups is 1. The molecule has 0 atom stereocenters. The zero-order valence-electron chi connectivity index (χ0n) is 12.3.